The van der Waals surface area contributed by atoms with E-state index in [1.165, 1.54) is 12.1 Å². The number of ether oxygens (including phenoxy) is 1. The van der Waals surface area contributed by atoms with E-state index >= 15 is 0 Å². The van der Waals surface area contributed by atoms with E-state index in [1.807, 2.05) is 24.5 Å². The van der Waals surface area contributed by atoms with Crippen LogP contribution < -0.4 is 4.90 Å². The predicted molar refractivity (Wildman–Crippen MR) is 95.6 cm³/mol. The summed E-state index contributed by atoms with van der Waals surface area (Å²) in [6, 6.07) is 8.86. The van der Waals surface area contributed by atoms with E-state index in [1.54, 1.807) is 11.9 Å². The Bertz CT molecular complexity index is 647. The molecule has 0 radical (unpaired) electrons. The molecule has 0 atom stereocenters. The summed E-state index contributed by atoms with van der Waals surface area (Å²) in [7, 11) is 0. The second kappa shape index (κ2) is 8.46. The molecule has 0 bridgehead atoms. The molecule has 0 unspecified atom stereocenters. The van der Waals surface area contributed by atoms with Crippen molar-refractivity contribution in [3.8, 4) is 0 Å². The normalized spacial score (nSPS) is 15.0. The van der Waals surface area contributed by atoms with E-state index in [0.29, 0.717) is 0 Å². The van der Waals surface area contributed by atoms with E-state index in [4.69, 9.17) is 4.74 Å². The number of nitrogens with zero attached hydrogens (tertiary/aromatic N) is 3. The number of hydrogen-bond donors (Lipinski definition) is 0. The van der Waals surface area contributed by atoms with Crippen LogP contribution in [0.5, 0.6) is 0 Å². The van der Waals surface area contributed by atoms with Gasteiger partial charge in [0.15, 0.2) is 0 Å². The lowest BCUT2D eigenvalue weighted by Gasteiger charge is -2.29. The highest BCUT2D eigenvalue weighted by Crippen LogP contribution is 2.27. The molecule has 0 aliphatic carbocycles. The van der Waals surface area contributed by atoms with Crippen LogP contribution in [0.1, 0.15) is 12.5 Å². The van der Waals surface area contributed by atoms with Crippen LogP contribution in [-0.2, 0) is 11.3 Å². The summed E-state index contributed by atoms with van der Waals surface area (Å²) < 4.78 is 20.7. The Kier molecular flexibility index (Phi) is 6.07. The number of hydrogen-bond acceptors (Lipinski definition) is 5. The lowest BCUT2D eigenvalue weighted by Crippen LogP contribution is -2.36. The van der Waals surface area contributed by atoms with Crippen molar-refractivity contribution in [3.05, 3.63) is 54.1 Å². The molecule has 0 N–H and O–H groups in total. The number of pyridine rings is 1. The number of anilines is 1. The van der Waals surface area contributed by atoms with Gasteiger partial charge in [0.2, 0.25) is 0 Å². The summed E-state index contributed by atoms with van der Waals surface area (Å²) in [6.07, 6.45) is 3.80. The third-order valence-corrected chi connectivity index (χ3v) is 5.01. The SMILES string of the molecule is CCN(Cc1ccc(F)cc1)Sc1cncc(N2CCOCC2)c1. The van der Waals surface area contributed by atoms with Crippen molar-refractivity contribution in [2.75, 3.05) is 37.7 Å². The molecule has 1 aliphatic heterocycles. The first-order chi connectivity index (χ1) is 11.7. The van der Waals surface area contributed by atoms with Crippen LogP contribution in [0, 0.1) is 5.82 Å². The van der Waals surface area contributed by atoms with Crippen molar-refractivity contribution >= 4 is 17.6 Å². The van der Waals surface area contributed by atoms with Crippen molar-refractivity contribution in [2.45, 2.75) is 18.4 Å². The minimum Gasteiger partial charge on any atom is -0.378 e. The van der Waals surface area contributed by atoms with Gasteiger partial charge in [-0.05, 0) is 35.7 Å². The predicted octanol–water partition coefficient (Wildman–Crippen LogP) is 3.59. The van der Waals surface area contributed by atoms with Crippen LogP contribution in [0.3, 0.4) is 0 Å². The number of aromatic nitrogens is 1. The molecule has 6 heteroatoms. The van der Waals surface area contributed by atoms with Crippen LogP contribution in [0.15, 0.2) is 47.6 Å². The van der Waals surface area contributed by atoms with Crippen molar-refractivity contribution in [1.29, 1.82) is 0 Å². The molecule has 0 spiro atoms. The second-order valence-corrected chi connectivity index (χ2v) is 6.82. The summed E-state index contributed by atoms with van der Waals surface area (Å²) in [5, 5.41) is 0. The zero-order chi connectivity index (χ0) is 16.8. The minimum absolute atomic E-state index is 0.197. The molecule has 0 saturated carbocycles. The fourth-order valence-corrected chi connectivity index (χ4v) is 3.53. The monoisotopic (exact) mass is 347 g/mol. The maximum Gasteiger partial charge on any atom is 0.123 e. The molecule has 128 valence electrons. The Hall–Kier alpha value is -1.63. The van der Waals surface area contributed by atoms with E-state index in [0.717, 1.165) is 55.5 Å². The smallest absolute Gasteiger partial charge is 0.123 e. The lowest BCUT2D eigenvalue weighted by atomic mass is 10.2. The Morgan fingerprint density at radius 1 is 1.21 bits per heavy atom. The molecule has 1 aliphatic rings. The average Bonchev–Trinajstić information content (AvgIpc) is 2.64. The van der Waals surface area contributed by atoms with E-state index < -0.39 is 0 Å². The van der Waals surface area contributed by atoms with Gasteiger partial charge in [-0.2, -0.15) is 0 Å². The first-order valence-corrected chi connectivity index (χ1v) is 8.97. The minimum atomic E-state index is -0.197. The number of benzene rings is 1. The molecule has 4 nitrogen and oxygen atoms in total. The van der Waals surface area contributed by atoms with Gasteiger partial charge in [-0.3, -0.25) is 4.98 Å². The molecule has 2 aromatic rings. The fourth-order valence-electron chi connectivity index (χ4n) is 2.60. The summed E-state index contributed by atoms with van der Waals surface area (Å²) in [5.41, 5.74) is 2.24. The molecular formula is C18H22FN3OS. The largest absolute Gasteiger partial charge is 0.378 e. The molecule has 24 heavy (non-hydrogen) atoms. The Morgan fingerprint density at radius 3 is 2.67 bits per heavy atom. The van der Waals surface area contributed by atoms with Gasteiger partial charge < -0.3 is 9.64 Å². The van der Waals surface area contributed by atoms with Gasteiger partial charge in [0.05, 0.1) is 25.1 Å². The van der Waals surface area contributed by atoms with Gasteiger partial charge in [-0.1, -0.05) is 19.1 Å². The van der Waals surface area contributed by atoms with Gasteiger partial charge in [-0.25, -0.2) is 8.70 Å². The highest BCUT2D eigenvalue weighted by Gasteiger charge is 2.13. The highest BCUT2D eigenvalue weighted by molar-refractivity contribution is 7.97. The summed E-state index contributed by atoms with van der Waals surface area (Å²) in [4.78, 5) is 7.80. The summed E-state index contributed by atoms with van der Waals surface area (Å²) in [5.74, 6) is -0.197. The zero-order valence-electron chi connectivity index (χ0n) is 13.8. The first-order valence-electron chi connectivity index (χ1n) is 8.19. The van der Waals surface area contributed by atoms with Crippen LogP contribution >= 0.6 is 11.9 Å². The number of rotatable bonds is 6. The van der Waals surface area contributed by atoms with Crippen LogP contribution in [0.25, 0.3) is 0 Å². The van der Waals surface area contributed by atoms with Gasteiger partial charge >= 0.3 is 0 Å². The average molecular weight is 347 g/mol. The van der Waals surface area contributed by atoms with Gasteiger partial charge in [-0.15, -0.1) is 0 Å². The van der Waals surface area contributed by atoms with Crippen molar-refractivity contribution in [2.24, 2.45) is 0 Å². The Balaban J connectivity index is 1.65. The van der Waals surface area contributed by atoms with Gasteiger partial charge in [0.25, 0.3) is 0 Å². The third kappa shape index (κ3) is 4.69. The number of morpholine rings is 1. The standard InChI is InChI=1S/C18H22FN3OS/c1-2-22(14-15-3-5-16(19)6-4-15)24-18-11-17(12-20-13-18)21-7-9-23-10-8-21/h3-6,11-13H,2,7-10,14H2,1H3. The van der Waals surface area contributed by atoms with E-state index in [-0.39, 0.29) is 5.82 Å². The Labute approximate surface area is 146 Å². The topological polar surface area (TPSA) is 28.6 Å². The molecule has 1 fully saturated rings. The first kappa shape index (κ1) is 17.2. The van der Waals surface area contributed by atoms with Crippen molar-refractivity contribution in [3.63, 3.8) is 0 Å². The lowest BCUT2D eigenvalue weighted by molar-refractivity contribution is 0.122. The quantitative estimate of drug-likeness (QED) is 0.745. The maximum absolute atomic E-state index is 13.0. The van der Waals surface area contributed by atoms with E-state index in [9.17, 15) is 4.39 Å². The van der Waals surface area contributed by atoms with Crippen molar-refractivity contribution in [1.82, 2.24) is 9.29 Å². The molecule has 1 aromatic heterocycles. The number of halogens is 1. The third-order valence-electron chi connectivity index (χ3n) is 3.93. The molecule has 1 saturated heterocycles. The van der Waals surface area contributed by atoms with Crippen LogP contribution in [0.4, 0.5) is 10.1 Å². The maximum atomic E-state index is 13.0. The molecule has 2 heterocycles. The summed E-state index contributed by atoms with van der Waals surface area (Å²) >= 11 is 1.69. The fraction of sp³-hybridized carbons (Fsp3) is 0.389. The van der Waals surface area contributed by atoms with Crippen LogP contribution in [-0.4, -0.2) is 42.1 Å². The highest BCUT2D eigenvalue weighted by atomic mass is 32.2. The molecular weight excluding hydrogens is 325 g/mol. The van der Waals surface area contributed by atoms with E-state index in [2.05, 4.69) is 27.2 Å². The van der Waals surface area contributed by atoms with Gasteiger partial charge in [0.1, 0.15) is 5.82 Å². The van der Waals surface area contributed by atoms with Gasteiger partial charge in [0, 0.05) is 37.3 Å². The van der Waals surface area contributed by atoms with Crippen LogP contribution in [0.2, 0.25) is 0 Å². The molecule has 1 aromatic carbocycles. The molecule has 3 rings (SSSR count). The van der Waals surface area contributed by atoms with Crippen molar-refractivity contribution < 1.29 is 9.13 Å². The Morgan fingerprint density at radius 2 is 1.96 bits per heavy atom. The second-order valence-electron chi connectivity index (χ2n) is 5.65. The molecule has 0 amide bonds. The summed E-state index contributed by atoms with van der Waals surface area (Å²) in [6.45, 7) is 7.13. The zero-order valence-corrected chi connectivity index (χ0v) is 14.6.